The zero-order valence-electron chi connectivity index (χ0n) is 9.79. The van der Waals surface area contributed by atoms with Gasteiger partial charge in [0, 0.05) is 6.42 Å². The Bertz CT molecular complexity index is 535. The van der Waals surface area contributed by atoms with Gasteiger partial charge in [0.05, 0.1) is 0 Å². The topological polar surface area (TPSA) is 30.2 Å². The fourth-order valence-electron chi connectivity index (χ4n) is 1.84. The molecule has 0 saturated carbocycles. The van der Waals surface area contributed by atoms with Gasteiger partial charge >= 0.3 is 0 Å². The van der Waals surface area contributed by atoms with Gasteiger partial charge in [-0.1, -0.05) is 18.2 Å². The van der Waals surface area contributed by atoms with Crippen LogP contribution in [0.3, 0.4) is 0 Å². The van der Waals surface area contributed by atoms with E-state index in [-0.39, 0.29) is 5.78 Å². The minimum absolute atomic E-state index is 0.00750. The Morgan fingerprint density at radius 2 is 1.82 bits per heavy atom. The van der Waals surface area contributed by atoms with Gasteiger partial charge in [-0.05, 0) is 58.6 Å². The Kier molecular flexibility index (Phi) is 3.48. The number of carbonyl (C=O) groups is 1. The van der Waals surface area contributed by atoms with Gasteiger partial charge in [-0.25, -0.2) is 0 Å². The van der Waals surface area contributed by atoms with Crippen LogP contribution in [0.1, 0.15) is 27.2 Å². The van der Waals surface area contributed by atoms with Crippen molar-refractivity contribution in [1.82, 2.24) is 0 Å². The lowest BCUT2D eigenvalue weighted by Crippen LogP contribution is -2.05. The van der Waals surface area contributed by atoms with Crippen molar-refractivity contribution in [3.05, 3.63) is 57.5 Å². The fourth-order valence-corrected chi connectivity index (χ4v) is 2.15. The molecule has 0 aliphatic carbocycles. The lowest BCUT2D eigenvalue weighted by atomic mass is 9.97. The molecular formula is C14H13BrO2. The molecule has 1 aromatic heterocycles. The van der Waals surface area contributed by atoms with Gasteiger partial charge in [-0.2, -0.15) is 0 Å². The summed E-state index contributed by atoms with van der Waals surface area (Å²) in [4.78, 5) is 12.0. The number of carbonyl (C=O) groups excluding carboxylic acids is 1. The van der Waals surface area contributed by atoms with E-state index in [2.05, 4.69) is 15.9 Å². The number of Topliss-reactive ketones (excluding diaryl/α,β-unsaturated/α-hetero) is 1. The Morgan fingerprint density at radius 1 is 1.18 bits per heavy atom. The van der Waals surface area contributed by atoms with Crippen molar-refractivity contribution in [2.45, 2.75) is 20.3 Å². The van der Waals surface area contributed by atoms with E-state index in [1.54, 1.807) is 12.1 Å². The highest BCUT2D eigenvalue weighted by atomic mass is 79.9. The van der Waals surface area contributed by atoms with E-state index in [0.717, 1.165) is 16.7 Å². The van der Waals surface area contributed by atoms with Crippen LogP contribution in [0.4, 0.5) is 0 Å². The summed E-state index contributed by atoms with van der Waals surface area (Å²) in [7, 11) is 0. The van der Waals surface area contributed by atoms with Gasteiger partial charge in [-0.3, -0.25) is 4.79 Å². The van der Waals surface area contributed by atoms with Crippen molar-refractivity contribution in [1.29, 1.82) is 0 Å². The van der Waals surface area contributed by atoms with Gasteiger partial charge < -0.3 is 4.42 Å². The smallest absolute Gasteiger partial charge is 0.202 e. The molecule has 0 aliphatic rings. The Labute approximate surface area is 109 Å². The average Bonchev–Trinajstić information content (AvgIpc) is 2.70. The largest absolute Gasteiger partial charge is 0.446 e. The summed E-state index contributed by atoms with van der Waals surface area (Å²) < 4.78 is 5.85. The number of ketones is 1. The number of hydrogen-bond donors (Lipinski definition) is 0. The molecule has 17 heavy (non-hydrogen) atoms. The van der Waals surface area contributed by atoms with Crippen LogP contribution in [0.2, 0.25) is 0 Å². The first-order valence-electron chi connectivity index (χ1n) is 5.41. The summed E-state index contributed by atoms with van der Waals surface area (Å²) in [6.07, 6.45) is 0.387. The van der Waals surface area contributed by atoms with E-state index >= 15 is 0 Å². The third kappa shape index (κ3) is 2.67. The van der Waals surface area contributed by atoms with Crippen molar-refractivity contribution >= 4 is 21.7 Å². The highest BCUT2D eigenvalue weighted by Gasteiger charge is 2.13. The molecule has 0 unspecified atom stereocenters. The first-order chi connectivity index (χ1) is 8.08. The van der Waals surface area contributed by atoms with E-state index in [1.165, 1.54) is 0 Å². The van der Waals surface area contributed by atoms with Crippen LogP contribution in [-0.2, 0) is 6.42 Å². The number of benzene rings is 1. The Hall–Kier alpha value is -1.35. The summed E-state index contributed by atoms with van der Waals surface area (Å²) in [5, 5.41) is 0. The predicted molar refractivity (Wildman–Crippen MR) is 70.4 cm³/mol. The lowest BCUT2D eigenvalue weighted by molar-refractivity contribution is 0.0964. The van der Waals surface area contributed by atoms with E-state index in [9.17, 15) is 4.79 Å². The first-order valence-corrected chi connectivity index (χ1v) is 6.21. The van der Waals surface area contributed by atoms with E-state index in [0.29, 0.717) is 16.9 Å². The molecule has 0 spiro atoms. The molecule has 0 amide bonds. The van der Waals surface area contributed by atoms with Gasteiger partial charge in [0.15, 0.2) is 10.4 Å². The molecular weight excluding hydrogens is 280 g/mol. The minimum Gasteiger partial charge on any atom is -0.446 e. The third-order valence-electron chi connectivity index (χ3n) is 2.83. The molecule has 3 heteroatoms. The van der Waals surface area contributed by atoms with Crippen LogP contribution >= 0.6 is 15.9 Å². The molecule has 2 nitrogen and oxygen atoms in total. The van der Waals surface area contributed by atoms with Crippen molar-refractivity contribution in [3.8, 4) is 0 Å². The van der Waals surface area contributed by atoms with E-state index in [1.807, 2.05) is 32.0 Å². The fraction of sp³-hybridized carbons (Fsp3) is 0.214. The Balaban J connectivity index is 2.24. The second-order valence-corrected chi connectivity index (χ2v) is 4.86. The highest BCUT2D eigenvalue weighted by Crippen LogP contribution is 2.19. The van der Waals surface area contributed by atoms with Gasteiger partial charge in [-0.15, -0.1) is 0 Å². The number of furan rings is 1. The normalized spacial score (nSPS) is 10.5. The number of hydrogen-bond acceptors (Lipinski definition) is 2. The molecule has 1 aromatic carbocycles. The molecule has 0 fully saturated rings. The van der Waals surface area contributed by atoms with Crippen molar-refractivity contribution in [2.75, 3.05) is 0 Å². The van der Waals surface area contributed by atoms with Crippen LogP contribution in [0.15, 0.2) is 39.4 Å². The van der Waals surface area contributed by atoms with Gasteiger partial charge in [0.25, 0.3) is 0 Å². The maximum atomic E-state index is 12.0. The molecule has 0 aliphatic heterocycles. The van der Waals surface area contributed by atoms with Crippen molar-refractivity contribution in [3.63, 3.8) is 0 Å². The quantitative estimate of drug-likeness (QED) is 0.798. The van der Waals surface area contributed by atoms with Crippen molar-refractivity contribution in [2.24, 2.45) is 0 Å². The molecule has 88 valence electrons. The summed E-state index contributed by atoms with van der Waals surface area (Å²) >= 11 is 3.20. The zero-order valence-corrected chi connectivity index (χ0v) is 11.4. The van der Waals surface area contributed by atoms with Gasteiger partial charge in [0.2, 0.25) is 5.78 Å². The van der Waals surface area contributed by atoms with Crippen LogP contribution in [0.25, 0.3) is 0 Å². The van der Waals surface area contributed by atoms with Crippen LogP contribution in [-0.4, -0.2) is 5.78 Å². The third-order valence-corrected chi connectivity index (χ3v) is 3.26. The SMILES string of the molecule is Cc1cccc(C)c1CC(=O)c1ccc(Br)o1. The van der Waals surface area contributed by atoms with Crippen LogP contribution < -0.4 is 0 Å². The second kappa shape index (κ2) is 4.88. The van der Waals surface area contributed by atoms with E-state index in [4.69, 9.17) is 4.42 Å². The molecule has 0 radical (unpaired) electrons. The summed E-state index contributed by atoms with van der Waals surface area (Å²) in [6, 6.07) is 9.47. The number of aryl methyl sites for hydroxylation is 2. The average molecular weight is 293 g/mol. The summed E-state index contributed by atoms with van der Waals surface area (Å²) in [5.41, 5.74) is 3.37. The molecule has 0 atom stereocenters. The molecule has 0 bridgehead atoms. The monoisotopic (exact) mass is 292 g/mol. The first kappa shape index (κ1) is 12.1. The van der Waals surface area contributed by atoms with Crippen LogP contribution in [0.5, 0.6) is 0 Å². The standard InChI is InChI=1S/C14H13BrO2/c1-9-4-3-5-10(2)11(9)8-12(16)13-6-7-14(15)17-13/h3-7H,8H2,1-2H3. The predicted octanol–water partition coefficient (Wildman–Crippen LogP) is 4.08. The molecule has 0 saturated heterocycles. The van der Waals surface area contributed by atoms with Gasteiger partial charge in [0.1, 0.15) is 0 Å². The number of halogens is 1. The van der Waals surface area contributed by atoms with Crippen molar-refractivity contribution < 1.29 is 9.21 Å². The minimum atomic E-state index is 0.00750. The molecule has 1 heterocycles. The molecule has 0 N–H and O–H groups in total. The lowest BCUT2D eigenvalue weighted by Gasteiger charge is -2.07. The highest BCUT2D eigenvalue weighted by molar-refractivity contribution is 9.10. The molecule has 2 aromatic rings. The van der Waals surface area contributed by atoms with E-state index < -0.39 is 0 Å². The number of rotatable bonds is 3. The maximum Gasteiger partial charge on any atom is 0.202 e. The summed E-state index contributed by atoms with van der Waals surface area (Å²) in [5.74, 6) is 0.410. The zero-order chi connectivity index (χ0) is 12.4. The Morgan fingerprint density at radius 3 is 2.35 bits per heavy atom. The maximum absolute atomic E-state index is 12.0. The summed E-state index contributed by atoms with van der Waals surface area (Å²) in [6.45, 7) is 4.04. The van der Waals surface area contributed by atoms with Crippen LogP contribution in [0, 0.1) is 13.8 Å². The molecule has 2 rings (SSSR count). The second-order valence-electron chi connectivity index (χ2n) is 4.07.